The Hall–Kier alpha value is -8.40. The molecule has 0 saturated carbocycles. The quantitative estimate of drug-likeness (QED) is 0.175. The third-order valence-corrected chi connectivity index (χ3v) is 18.2. The predicted octanol–water partition coefficient (Wildman–Crippen LogP) is 21.0. The Morgan fingerprint density at radius 1 is 0.272 bits per heavy atom. The lowest BCUT2D eigenvalue weighted by molar-refractivity contribution is 0.436. The molecule has 0 N–H and O–H groups in total. The van der Waals surface area contributed by atoms with Crippen LogP contribution < -0.4 is 14.4 Å². The largest absolute Gasteiger partial charge is 0.457 e. The lowest BCUT2D eigenvalue weighted by Crippen LogP contribution is -2.33. The van der Waals surface area contributed by atoms with Crippen molar-refractivity contribution in [2.45, 2.75) is 116 Å². The van der Waals surface area contributed by atoms with Gasteiger partial charge in [-0.1, -0.05) is 247 Å². The molecule has 0 unspecified atom stereocenters. The van der Waals surface area contributed by atoms with E-state index in [1.165, 1.54) is 66.8 Å². The number of nitrogens with zero attached hydrogens (tertiary/aromatic N) is 1. The van der Waals surface area contributed by atoms with Crippen LogP contribution in [0, 0.1) is 0 Å². The maximum absolute atomic E-state index is 7.49. The van der Waals surface area contributed by atoms with E-state index in [4.69, 9.17) is 9.47 Å². The summed E-state index contributed by atoms with van der Waals surface area (Å²) >= 11 is 0. The van der Waals surface area contributed by atoms with Crippen LogP contribution in [-0.2, 0) is 32.5 Å². The van der Waals surface area contributed by atoms with Gasteiger partial charge in [0.15, 0.2) is 0 Å². The SMILES string of the molecule is CC(C)(C)c1ccc2c(c1)C1(c3ccccc3Oc3ccc(N(c4ccccc4)c4ccccc4-c4cccc5c4Oc4ccccc4C54c5cc(C(C)(C)C)ccc5-c5ccc(C(C)(C)C)cc54)cc31)c1cc(C(C)(C)C)ccc1-2. The summed E-state index contributed by atoms with van der Waals surface area (Å²) in [6, 6.07) is 80.1. The van der Waals surface area contributed by atoms with Crippen molar-refractivity contribution in [3.05, 3.63) is 279 Å². The molecule has 0 saturated heterocycles. The van der Waals surface area contributed by atoms with E-state index in [-0.39, 0.29) is 21.7 Å². The molecule has 2 aliphatic heterocycles. The standard InChI is InChI=1S/C78H71NO2/c1-73(2,3)48-33-38-54-55-39-34-49(74(4,5)6)44-64(55)77(63(54)43-48)61-28-18-21-32-70(61)81-72-59(26-22-29-62(72)77)58-25-16-19-30-68(58)79(52-23-14-13-15-24-52)53-37-42-71-67(47-53)78(60-27-17-20-31-69(60)80-71)65-45-50(75(7,8)9)35-40-56(65)57-41-36-51(46-66(57)78)76(10,11)12/h13-47H,1-12H3. The second kappa shape index (κ2) is 17.6. The Morgan fingerprint density at radius 2 is 0.667 bits per heavy atom. The van der Waals surface area contributed by atoms with Crippen LogP contribution in [-0.4, -0.2) is 0 Å². The van der Waals surface area contributed by atoms with Gasteiger partial charge in [0.05, 0.1) is 16.5 Å². The highest BCUT2D eigenvalue weighted by atomic mass is 16.5. The molecule has 400 valence electrons. The molecular formula is C78H71NO2. The molecule has 0 aromatic heterocycles. The second-order valence-electron chi connectivity index (χ2n) is 27.3. The van der Waals surface area contributed by atoms with E-state index in [0.717, 1.165) is 73.4 Å². The lowest BCUT2D eigenvalue weighted by Gasteiger charge is -2.41. The first-order valence-electron chi connectivity index (χ1n) is 29.1. The highest BCUT2D eigenvalue weighted by Gasteiger charge is 2.54. The first kappa shape index (κ1) is 50.8. The van der Waals surface area contributed by atoms with Crippen LogP contribution in [0.4, 0.5) is 17.1 Å². The lowest BCUT2D eigenvalue weighted by atomic mass is 9.64. The van der Waals surface area contributed by atoms with Gasteiger partial charge in [0, 0.05) is 44.8 Å². The van der Waals surface area contributed by atoms with Gasteiger partial charge < -0.3 is 14.4 Å². The van der Waals surface area contributed by atoms with Crippen LogP contribution in [0.25, 0.3) is 33.4 Å². The minimum absolute atomic E-state index is 0.0716. The van der Waals surface area contributed by atoms with Gasteiger partial charge in [0.1, 0.15) is 23.0 Å². The van der Waals surface area contributed by atoms with Gasteiger partial charge >= 0.3 is 0 Å². The molecule has 3 heteroatoms. The molecule has 4 aliphatic rings. The molecule has 3 nitrogen and oxygen atoms in total. The van der Waals surface area contributed by atoms with Gasteiger partial charge in [0.2, 0.25) is 0 Å². The number of hydrogen-bond acceptors (Lipinski definition) is 3. The Balaban J connectivity index is 1.03. The number of hydrogen-bond donors (Lipinski definition) is 0. The van der Waals surface area contributed by atoms with Crippen molar-refractivity contribution in [3.8, 4) is 56.4 Å². The highest BCUT2D eigenvalue weighted by Crippen LogP contribution is 2.66. The molecule has 0 fully saturated rings. The van der Waals surface area contributed by atoms with E-state index < -0.39 is 10.8 Å². The van der Waals surface area contributed by atoms with E-state index in [1.807, 2.05) is 0 Å². The van der Waals surface area contributed by atoms with Crippen molar-refractivity contribution < 1.29 is 9.47 Å². The van der Waals surface area contributed by atoms with Crippen molar-refractivity contribution in [2.75, 3.05) is 4.90 Å². The molecule has 81 heavy (non-hydrogen) atoms. The van der Waals surface area contributed by atoms with Gasteiger partial charge in [-0.2, -0.15) is 0 Å². The Kier molecular flexibility index (Phi) is 11.0. The van der Waals surface area contributed by atoms with Gasteiger partial charge in [-0.25, -0.2) is 0 Å². The number of fused-ring (bicyclic) bond motifs is 18. The van der Waals surface area contributed by atoms with Crippen LogP contribution >= 0.6 is 0 Å². The third kappa shape index (κ3) is 7.46. The fourth-order valence-corrected chi connectivity index (χ4v) is 14.0. The Morgan fingerprint density at radius 3 is 1.16 bits per heavy atom. The van der Waals surface area contributed by atoms with Gasteiger partial charge in [0.25, 0.3) is 0 Å². The zero-order chi connectivity index (χ0) is 56.2. The number of benzene rings is 10. The average molecular weight is 1050 g/mol. The molecule has 0 atom stereocenters. The maximum atomic E-state index is 7.49. The van der Waals surface area contributed by atoms with E-state index in [0.29, 0.717) is 0 Å². The summed E-state index contributed by atoms with van der Waals surface area (Å²) in [6.07, 6.45) is 0. The van der Waals surface area contributed by atoms with Crippen LogP contribution in [0.15, 0.2) is 212 Å². The molecule has 0 radical (unpaired) electrons. The molecule has 2 heterocycles. The maximum Gasteiger partial charge on any atom is 0.140 e. The summed E-state index contributed by atoms with van der Waals surface area (Å²) in [5, 5.41) is 0. The number of para-hydroxylation sites is 5. The predicted molar refractivity (Wildman–Crippen MR) is 336 cm³/mol. The third-order valence-electron chi connectivity index (χ3n) is 18.2. The molecule has 2 aliphatic carbocycles. The number of ether oxygens (including phenoxy) is 2. The average Bonchev–Trinajstić information content (AvgIpc) is 4.04. The Labute approximate surface area is 479 Å². The molecule has 14 rings (SSSR count). The van der Waals surface area contributed by atoms with Crippen LogP contribution in [0.1, 0.15) is 150 Å². The van der Waals surface area contributed by atoms with E-state index >= 15 is 0 Å². The molecule has 0 bridgehead atoms. The molecule has 10 aromatic rings. The highest BCUT2D eigenvalue weighted by molar-refractivity contribution is 5.96. The van der Waals surface area contributed by atoms with E-state index in [1.54, 1.807) is 0 Å². The van der Waals surface area contributed by atoms with Crippen molar-refractivity contribution in [1.29, 1.82) is 0 Å². The number of rotatable bonds is 4. The first-order chi connectivity index (χ1) is 38.7. The van der Waals surface area contributed by atoms with Crippen molar-refractivity contribution in [3.63, 3.8) is 0 Å². The topological polar surface area (TPSA) is 21.7 Å². The summed E-state index contributed by atoms with van der Waals surface area (Å²) in [4.78, 5) is 2.45. The minimum Gasteiger partial charge on any atom is -0.457 e. The zero-order valence-corrected chi connectivity index (χ0v) is 49.0. The fourth-order valence-electron chi connectivity index (χ4n) is 14.0. The normalized spacial score (nSPS) is 14.8. The fraction of sp³-hybridized carbons (Fsp3) is 0.231. The smallest absolute Gasteiger partial charge is 0.140 e. The summed E-state index contributed by atoms with van der Waals surface area (Å²) in [7, 11) is 0. The second-order valence-corrected chi connectivity index (χ2v) is 27.3. The summed E-state index contributed by atoms with van der Waals surface area (Å²) in [5.74, 6) is 3.48. The minimum atomic E-state index is -0.698. The van der Waals surface area contributed by atoms with Crippen molar-refractivity contribution >= 4 is 17.1 Å². The molecule has 2 spiro atoms. The summed E-state index contributed by atoms with van der Waals surface area (Å²) in [6.45, 7) is 27.9. The summed E-state index contributed by atoms with van der Waals surface area (Å²) < 4.78 is 14.6. The van der Waals surface area contributed by atoms with Crippen LogP contribution in [0.2, 0.25) is 0 Å². The van der Waals surface area contributed by atoms with E-state index in [2.05, 4.69) is 300 Å². The van der Waals surface area contributed by atoms with Gasteiger partial charge in [-0.05, 0) is 137 Å². The number of anilines is 3. The van der Waals surface area contributed by atoms with Gasteiger partial charge in [-0.3, -0.25) is 0 Å². The van der Waals surface area contributed by atoms with Crippen molar-refractivity contribution in [2.24, 2.45) is 0 Å². The molecular weight excluding hydrogens is 983 g/mol. The van der Waals surface area contributed by atoms with E-state index in [9.17, 15) is 0 Å². The monoisotopic (exact) mass is 1050 g/mol. The molecule has 0 amide bonds. The van der Waals surface area contributed by atoms with Crippen LogP contribution in [0.3, 0.4) is 0 Å². The Bertz CT molecular complexity index is 4100. The summed E-state index contributed by atoms with van der Waals surface area (Å²) in [5.41, 5.74) is 23.6. The first-order valence-corrected chi connectivity index (χ1v) is 29.1. The van der Waals surface area contributed by atoms with Crippen molar-refractivity contribution in [1.82, 2.24) is 0 Å². The van der Waals surface area contributed by atoms with Crippen LogP contribution in [0.5, 0.6) is 23.0 Å². The molecule has 10 aromatic carbocycles. The van der Waals surface area contributed by atoms with Gasteiger partial charge in [-0.15, -0.1) is 0 Å². The zero-order valence-electron chi connectivity index (χ0n) is 49.0.